The summed E-state index contributed by atoms with van der Waals surface area (Å²) in [5, 5.41) is 86.7. The van der Waals surface area contributed by atoms with Crippen LogP contribution in [0.5, 0.6) is 17.2 Å². The van der Waals surface area contributed by atoms with Gasteiger partial charge in [0.2, 0.25) is 6.29 Å². The minimum absolute atomic E-state index is 0.0167. The lowest BCUT2D eigenvalue weighted by Crippen LogP contribution is -2.56. The molecule has 2 aromatic carbocycles. The van der Waals surface area contributed by atoms with Crippen molar-refractivity contribution in [3.05, 3.63) is 57.7 Å². The summed E-state index contributed by atoms with van der Waals surface area (Å²) in [6.07, 6.45) is -16.0. The number of rotatable bonds is 10. The van der Waals surface area contributed by atoms with Crippen molar-refractivity contribution in [2.45, 2.75) is 209 Å². The number of Topliss-reactive ketones (excluding diaryl/α,β-unsaturated/α-hetero) is 2. The third-order valence-corrected chi connectivity index (χ3v) is 14.4. The smallest absolute Gasteiger partial charge is 0.202 e. The Labute approximate surface area is 398 Å². The summed E-state index contributed by atoms with van der Waals surface area (Å²) in [4.78, 5) is 28.3. The van der Waals surface area contributed by atoms with Crippen molar-refractivity contribution in [2.24, 2.45) is 0 Å². The highest BCUT2D eigenvalue weighted by Gasteiger charge is 2.48. The van der Waals surface area contributed by atoms with E-state index in [0.29, 0.717) is 24.0 Å². The standard InChI is InChI=1S/C49H64O20/c1-18-11-24-13-27(52)41-43(39(24)26(51)12-18)47(59)42-32(8-7-25(50)40(42)46(41)58)66-36-16-30(55)49(23(6)64-36)69-38-17-33(45(57)21(4)62-38)67-34-10-9-31(19(2)60-34)65-35-15-29(54)48(22(5)63-35)68-37-14-28(53)44(56)20(3)61-37/h7-8,11-12,19-23,27-31,33-38,44-45,48-57H,9-10,13-17H2,1-6H3/t19-,20+,21+,22+,23-,27-,28-,29+,30+,31+,33-,34-,35-,36-,37-,38+,44+,45-,48-,49+/m1/s1. The van der Waals surface area contributed by atoms with Crippen LogP contribution in [0.2, 0.25) is 0 Å². The van der Waals surface area contributed by atoms with Gasteiger partial charge in [-0.05, 0) is 77.3 Å². The summed E-state index contributed by atoms with van der Waals surface area (Å²) >= 11 is 0. The van der Waals surface area contributed by atoms with Crippen LogP contribution >= 0.6 is 0 Å². The number of ether oxygens (including phenoxy) is 10. The van der Waals surface area contributed by atoms with Gasteiger partial charge in [-0.3, -0.25) is 9.59 Å². The largest absolute Gasteiger partial charge is 0.507 e. The molecule has 5 fully saturated rings. The molecule has 7 aliphatic rings. The number of benzene rings is 2. The lowest BCUT2D eigenvalue weighted by molar-refractivity contribution is -0.336. The molecule has 8 N–H and O–H groups in total. The summed E-state index contributed by atoms with van der Waals surface area (Å²) in [5.74, 6) is -2.35. The van der Waals surface area contributed by atoms with E-state index in [4.69, 9.17) is 47.4 Å². The van der Waals surface area contributed by atoms with E-state index in [9.17, 15) is 50.4 Å². The summed E-state index contributed by atoms with van der Waals surface area (Å²) in [6, 6.07) is 5.71. The average molecular weight is 973 g/mol. The number of carbonyl (C=O) groups is 2. The number of allylic oxidation sites excluding steroid dienone is 1. The fraction of sp³-hybridized carbons (Fsp3) is 0.673. The van der Waals surface area contributed by atoms with Crippen LogP contribution in [-0.4, -0.2) is 175 Å². The van der Waals surface area contributed by atoms with Crippen LogP contribution in [0.1, 0.15) is 111 Å². The Hall–Kier alpha value is -3.68. The Kier molecular flexibility index (Phi) is 14.6. The van der Waals surface area contributed by atoms with Crippen molar-refractivity contribution >= 4 is 17.1 Å². The number of phenols is 2. The molecule has 0 aromatic heterocycles. The number of fused-ring (bicyclic) bond motifs is 3. The van der Waals surface area contributed by atoms with E-state index in [-0.39, 0.29) is 71.4 Å². The van der Waals surface area contributed by atoms with Crippen molar-refractivity contribution < 1.29 is 97.8 Å². The molecule has 69 heavy (non-hydrogen) atoms. The van der Waals surface area contributed by atoms with Crippen LogP contribution in [0, 0.1) is 6.92 Å². The van der Waals surface area contributed by atoms with E-state index in [0.717, 1.165) is 0 Å². The monoisotopic (exact) mass is 972 g/mol. The summed E-state index contributed by atoms with van der Waals surface area (Å²) in [6.45, 7) is 10.3. The minimum atomic E-state index is -1.36. The van der Waals surface area contributed by atoms with Gasteiger partial charge in [0.05, 0.1) is 78.3 Å². The molecule has 9 rings (SSSR count). The predicted molar refractivity (Wildman–Crippen MR) is 236 cm³/mol. The third-order valence-electron chi connectivity index (χ3n) is 14.4. The summed E-state index contributed by atoms with van der Waals surface area (Å²) in [7, 11) is 0. The summed E-state index contributed by atoms with van der Waals surface area (Å²) < 4.78 is 61.2. The molecule has 0 bridgehead atoms. The molecule has 5 saturated heterocycles. The van der Waals surface area contributed by atoms with Gasteiger partial charge >= 0.3 is 0 Å². The number of aromatic hydroxyl groups is 2. The quantitative estimate of drug-likeness (QED) is 0.169. The van der Waals surface area contributed by atoms with Gasteiger partial charge in [-0.2, -0.15) is 0 Å². The van der Waals surface area contributed by atoms with Gasteiger partial charge in [0.25, 0.3) is 0 Å². The number of hydrogen-bond donors (Lipinski definition) is 8. The molecule has 0 saturated carbocycles. The van der Waals surface area contributed by atoms with Crippen LogP contribution in [-0.2, 0) is 49.1 Å². The van der Waals surface area contributed by atoms with Gasteiger partial charge in [-0.25, -0.2) is 0 Å². The average Bonchev–Trinajstić information content (AvgIpc) is 3.27. The zero-order valence-corrected chi connectivity index (χ0v) is 39.3. The fourth-order valence-corrected chi connectivity index (χ4v) is 10.8. The first kappa shape index (κ1) is 50.3. The zero-order chi connectivity index (χ0) is 49.3. The maximum absolute atomic E-state index is 14.3. The molecule has 20 heteroatoms. The molecule has 5 aliphatic heterocycles. The number of aliphatic hydroxyl groups is 6. The minimum Gasteiger partial charge on any atom is -0.507 e. The number of ketones is 2. The van der Waals surface area contributed by atoms with Crippen LogP contribution in [0.15, 0.2) is 29.8 Å². The highest BCUT2D eigenvalue weighted by atomic mass is 16.8. The lowest BCUT2D eigenvalue weighted by Gasteiger charge is -2.45. The number of aryl methyl sites for hydroxylation is 1. The molecule has 2 aromatic rings. The Balaban J connectivity index is 0.781. The Morgan fingerprint density at radius 2 is 1.10 bits per heavy atom. The van der Waals surface area contributed by atoms with Crippen molar-refractivity contribution in [1.29, 1.82) is 0 Å². The molecule has 0 spiro atoms. The molecule has 2 aliphatic carbocycles. The molecular formula is C49H64O20. The SMILES string of the molecule is Cc1cc(O)c2c(c1)C[C@@H](O)C1=C2C(=O)c2c(O[C@@H]3C[C@H](O)[C@@H](O[C@H]4C[C@@H](O[C@@H]5CC[C@H](O[C@@H]6C[C@H](O)[C@H](O[C@@H]7C[C@@H](O)[C@@H](O)[C@H](C)O7)[C@H](C)O6)[C@@H](C)O5)[C@H](O)[C@H](C)O4)[C@@H](C)O3)ccc(O)c2C1=O. The zero-order valence-electron chi connectivity index (χ0n) is 39.3. The van der Waals surface area contributed by atoms with E-state index in [1.165, 1.54) is 18.2 Å². The highest BCUT2D eigenvalue weighted by Crippen LogP contribution is 2.48. The number of aliphatic hydroxyl groups excluding tert-OH is 6. The maximum Gasteiger partial charge on any atom is 0.202 e. The first-order valence-electron chi connectivity index (χ1n) is 23.9. The van der Waals surface area contributed by atoms with E-state index < -0.39 is 140 Å². The maximum atomic E-state index is 14.3. The normalized spacial score (nSPS) is 41.6. The molecule has 0 unspecified atom stereocenters. The fourth-order valence-electron chi connectivity index (χ4n) is 10.8. The first-order valence-corrected chi connectivity index (χ1v) is 23.9. The molecule has 380 valence electrons. The van der Waals surface area contributed by atoms with Crippen LogP contribution in [0.4, 0.5) is 0 Å². The molecular weight excluding hydrogens is 909 g/mol. The van der Waals surface area contributed by atoms with Gasteiger partial charge in [-0.15, -0.1) is 0 Å². The van der Waals surface area contributed by atoms with Crippen molar-refractivity contribution in [2.75, 3.05) is 0 Å². The Bertz CT molecular complexity index is 2230. The molecule has 5 heterocycles. The second-order valence-corrected chi connectivity index (χ2v) is 19.5. The van der Waals surface area contributed by atoms with E-state index in [1.807, 2.05) is 6.92 Å². The predicted octanol–water partition coefficient (Wildman–Crippen LogP) is 1.94. The second kappa shape index (κ2) is 20.1. The van der Waals surface area contributed by atoms with E-state index >= 15 is 0 Å². The van der Waals surface area contributed by atoms with Crippen LogP contribution < -0.4 is 4.74 Å². The van der Waals surface area contributed by atoms with Gasteiger partial charge in [0.15, 0.2) is 36.7 Å². The van der Waals surface area contributed by atoms with Crippen molar-refractivity contribution in [3.8, 4) is 17.2 Å². The lowest BCUT2D eigenvalue weighted by atomic mass is 9.72. The van der Waals surface area contributed by atoms with Crippen LogP contribution in [0.3, 0.4) is 0 Å². The number of carbonyl (C=O) groups excluding carboxylic acids is 2. The molecule has 20 nitrogen and oxygen atoms in total. The van der Waals surface area contributed by atoms with Gasteiger partial charge in [0, 0.05) is 55.2 Å². The topological polar surface area (TPSA) is 288 Å². The molecule has 0 radical (unpaired) electrons. The Morgan fingerprint density at radius 3 is 1.75 bits per heavy atom. The van der Waals surface area contributed by atoms with Crippen LogP contribution in [0.25, 0.3) is 5.57 Å². The Morgan fingerprint density at radius 1 is 0.536 bits per heavy atom. The third kappa shape index (κ3) is 9.97. The molecule has 20 atom stereocenters. The highest BCUT2D eigenvalue weighted by molar-refractivity contribution is 6.43. The van der Waals surface area contributed by atoms with Gasteiger partial charge < -0.3 is 88.2 Å². The second-order valence-electron chi connectivity index (χ2n) is 19.5. The van der Waals surface area contributed by atoms with Gasteiger partial charge in [0.1, 0.15) is 41.7 Å². The molecule has 0 amide bonds. The van der Waals surface area contributed by atoms with Crippen molar-refractivity contribution in [3.63, 3.8) is 0 Å². The van der Waals surface area contributed by atoms with E-state index in [1.54, 1.807) is 40.7 Å². The van der Waals surface area contributed by atoms with Crippen molar-refractivity contribution in [1.82, 2.24) is 0 Å². The number of hydrogen-bond acceptors (Lipinski definition) is 20. The van der Waals surface area contributed by atoms with Gasteiger partial charge in [-0.1, -0.05) is 6.07 Å². The summed E-state index contributed by atoms with van der Waals surface area (Å²) in [5.41, 5.74) is 0.308. The number of phenolic OH excluding ortho intramolecular Hbond substituents is 2. The first-order chi connectivity index (χ1) is 32.8. The van der Waals surface area contributed by atoms with E-state index in [2.05, 4.69) is 0 Å².